The molecule has 2 fully saturated rings. The Kier molecular flexibility index (Phi) is 5.23. The van der Waals surface area contributed by atoms with Gasteiger partial charge in [-0.05, 0) is 37.5 Å². The molecule has 0 aliphatic carbocycles. The number of anilines is 1. The third-order valence-corrected chi connectivity index (χ3v) is 6.48. The third kappa shape index (κ3) is 3.16. The van der Waals surface area contributed by atoms with E-state index in [0.29, 0.717) is 6.54 Å². The molecule has 0 N–H and O–H groups in total. The van der Waals surface area contributed by atoms with Gasteiger partial charge in [-0.15, -0.1) is 0 Å². The van der Waals surface area contributed by atoms with Gasteiger partial charge in [0.15, 0.2) is 12.2 Å². The highest BCUT2D eigenvalue weighted by Gasteiger charge is 2.54. The average molecular weight is 398 g/mol. The van der Waals surface area contributed by atoms with Gasteiger partial charge in [0.1, 0.15) is 0 Å². The summed E-state index contributed by atoms with van der Waals surface area (Å²) in [4.78, 5) is 38.3. The van der Waals surface area contributed by atoms with E-state index in [4.69, 9.17) is 4.99 Å². The third-order valence-electron chi connectivity index (χ3n) is 6.48. The van der Waals surface area contributed by atoms with Gasteiger partial charge in [-0.1, -0.05) is 38.3 Å². The van der Waals surface area contributed by atoms with Crippen LogP contribution in [0.5, 0.6) is 0 Å². The SMILES string of the molecule is CCCCCCN1C(=O)C2C(N=C3N(c4cccc(C)c4C)CCN32)N(C)C1=O. The second-order valence-electron chi connectivity index (χ2n) is 8.30. The number of aliphatic imine (C=N–C) groups is 1. The molecule has 4 rings (SSSR count). The second-order valence-corrected chi connectivity index (χ2v) is 8.30. The number of fused-ring (bicyclic) bond motifs is 3. The zero-order valence-corrected chi connectivity index (χ0v) is 17.9. The van der Waals surface area contributed by atoms with Gasteiger partial charge in [-0.2, -0.15) is 0 Å². The largest absolute Gasteiger partial charge is 0.328 e. The van der Waals surface area contributed by atoms with Gasteiger partial charge in [0, 0.05) is 32.4 Å². The number of benzene rings is 1. The van der Waals surface area contributed by atoms with Crippen LogP contribution in [0, 0.1) is 13.8 Å². The number of likely N-dealkylation sites (N-methyl/N-ethyl adjacent to an activating group) is 1. The summed E-state index contributed by atoms with van der Waals surface area (Å²) in [7, 11) is 1.76. The summed E-state index contributed by atoms with van der Waals surface area (Å²) in [6.45, 7) is 8.42. The zero-order chi connectivity index (χ0) is 20.7. The van der Waals surface area contributed by atoms with Gasteiger partial charge in [0.2, 0.25) is 5.96 Å². The van der Waals surface area contributed by atoms with Crippen LogP contribution in [0.15, 0.2) is 23.2 Å². The van der Waals surface area contributed by atoms with Crippen LogP contribution in [0.2, 0.25) is 0 Å². The fourth-order valence-corrected chi connectivity index (χ4v) is 4.60. The smallest absolute Gasteiger partial charge is 0.325 e. The van der Waals surface area contributed by atoms with Crippen LogP contribution in [-0.2, 0) is 4.79 Å². The van der Waals surface area contributed by atoms with Gasteiger partial charge in [-0.25, -0.2) is 9.79 Å². The molecule has 0 bridgehead atoms. The number of amides is 3. The molecule has 1 aromatic rings. The van der Waals surface area contributed by atoms with Gasteiger partial charge >= 0.3 is 6.03 Å². The number of hydrogen-bond acceptors (Lipinski definition) is 5. The lowest BCUT2D eigenvalue weighted by Crippen LogP contribution is -2.64. The molecule has 156 valence electrons. The van der Waals surface area contributed by atoms with Crippen LogP contribution in [0.4, 0.5) is 10.5 Å². The number of unbranched alkanes of at least 4 members (excludes halogenated alkanes) is 3. The van der Waals surface area contributed by atoms with E-state index in [-0.39, 0.29) is 11.9 Å². The highest BCUT2D eigenvalue weighted by molar-refractivity contribution is 6.08. The van der Waals surface area contributed by atoms with Crippen molar-refractivity contribution >= 4 is 23.6 Å². The van der Waals surface area contributed by atoms with Crippen molar-refractivity contribution < 1.29 is 9.59 Å². The Hall–Kier alpha value is -2.57. The van der Waals surface area contributed by atoms with Crippen LogP contribution in [0.3, 0.4) is 0 Å². The molecular formula is C22H31N5O2. The molecule has 7 nitrogen and oxygen atoms in total. The lowest BCUT2D eigenvalue weighted by Gasteiger charge is -2.40. The Morgan fingerprint density at radius 1 is 1.10 bits per heavy atom. The molecule has 3 amide bonds. The van der Waals surface area contributed by atoms with Crippen molar-refractivity contribution in [3.63, 3.8) is 0 Å². The number of nitrogens with zero attached hydrogens (tertiary/aromatic N) is 5. The van der Waals surface area contributed by atoms with Crippen molar-refractivity contribution in [3.8, 4) is 0 Å². The number of rotatable bonds is 6. The molecule has 1 aromatic carbocycles. The molecule has 2 unspecified atom stereocenters. The van der Waals surface area contributed by atoms with E-state index in [2.05, 4.69) is 48.8 Å². The topological polar surface area (TPSA) is 59.5 Å². The van der Waals surface area contributed by atoms with Crippen LogP contribution >= 0.6 is 0 Å². The molecule has 3 aliphatic heterocycles. The van der Waals surface area contributed by atoms with E-state index in [1.807, 2.05) is 0 Å². The number of guanidine groups is 1. The summed E-state index contributed by atoms with van der Waals surface area (Å²) in [6, 6.07) is 5.63. The zero-order valence-electron chi connectivity index (χ0n) is 17.9. The maximum absolute atomic E-state index is 13.3. The number of aryl methyl sites for hydroxylation is 1. The number of urea groups is 1. The Morgan fingerprint density at radius 2 is 1.90 bits per heavy atom. The van der Waals surface area contributed by atoms with Gasteiger partial charge in [0.05, 0.1) is 0 Å². The molecule has 0 spiro atoms. The highest BCUT2D eigenvalue weighted by Crippen LogP contribution is 2.34. The molecule has 7 heteroatoms. The van der Waals surface area contributed by atoms with E-state index in [9.17, 15) is 9.59 Å². The Balaban J connectivity index is 1.58. The summed E-state index contributed by atoms with van der Waals surface area (Å²) in [5, 5.41) is 0. The van der Waals surface area contributed by atoms with E-state index in [0.717, 1.165) is 50.4 Å². The van der Waals surface area contributed by atoms with Crippen molar-refractivity contribution in [3.05, 3.63) is 29.3 Å². The van der Waals surface area contributed by atoms with Crippen molar-refractivity contribution in [2.75, 3.05) is 31.6 Å². The van der Waals surface area contributed by atoms with Crippen LogP contribution in [-0.4, -0.2) is 71.5 Å². The lowest BCUT2D eigenvalue weighted by molar-refractivity contribution is -0.137. The quantitative estimate of drug-likeness (QED) is 0.693. The number of carbonyl (C=O) groups excluding carboxylic acids is 2. The summed E-state index contributed by atoms with van der Waals surface area (Å²) in [5.74, 6) is 0.714. The standard InChI is InChI=1S/C22H31N5O2/c1-5-6-7-8-12-27-20(28)18-19(24(4)22(27)29)23-21-25(13-14-26(18)21)17-11-9-10-15(2)16(17)3/h9-11,18-19H,5-8,12-14H2,1-4H3. The fraction of sp³-hybridized carbons (Fsp3) is 0.591. The van der Waals surface area contributed by atoms with E-state index in [1.165, 1.54) is 16.0 Å². The van der Waals surface area contributed by atoms with Crippen molar-refractivity contribution in [1.29, 1.82) is 0 Å². The summed E-state index contributed by atoms with van der Waals surface area (Å²) >= 11 is 0. The fourth-order valence-electron chi connectivity index (χ4n) is 4.60. The van der Waals surface area contributed by atoms with E-state index >= 15 is 0 Å². The summed E-state index contributed by atoms with van der Waals surface area (Å²) < 4.78 is 0. The van der Waals surface area contributed by atoms with E-state index < -0.39 is 12.2 Å². The molecular weight excluding hydrogens is 366 g/mol. The number of imide groups is 1. The predicted octanol–water partition coefficient (Wildman–Crippen LogP) is 2.96. The molecule has 2 atom stereocenters. The Labute approximate surface area is 173 Å². The molecule has 3 heterocycles. The first kappa shape index (κ1) is 19.7. The molecule has 0 saturated carbocycles. The van der Waals surface area contributed by atoms with Crippen molar-refractivity contribution in [1.82, 2.24) is 14.7 Å². The van der Waals surface area contributed by atoms with Gasteiger partial charge < -0.3 is 14.7 Å². The van der Waals surface area contributed by atoms with Crippen LogP contribution in [0.1, 0.15) is 43.7 Å². The minimum absolute atomic E-state index is 0.101. The normalized spacial score (nSPS) is 23.7. The van der Waals surface area contributed by atoms with Crippen LogP contribution < -0.4 is 4.90 Å². The highest BCUT2D eigenvalue weighted by atomic mass is 16.2. The van der Waals surface area contributed by atoms with Crippen LogP contribution in [0.25, 0.3) is 0 Å². The predicted molar refractivity (Wildman–Crippen MR) is 114 cm³/mol. The number of hydrogen-bond donors (Lipinski definition) is 0. The minimum Gasteiger partial charge on any atom is -0.325 e. The molecule has 3 aliphatic rings. The lowest BCUT2D eigenvalue weighted by atomic mass is 10.1. The first-order chi connectivity index (χ1) is 14.0. The van der Waals surface area contributed by atoms with Crippen molar-refractivity contribution in [2.45, 2.75) is 58.7 Å². The van der Waals surface area contributed by atoms with Gasteiger partial charge in [-0.3, -0.25) is 9.69 Å². The molecule has 0 radical (unpaired) electrons. The maximum atomic E-state index is 13.3. The Bertz CT molecular complexity index is 852. The first-order valence-electron chi connectivity index (χ1n) is 10.7. The van der Waals surface area contributed by atoms with E-state index in [1.54, 1.807) is 11.9 Å². The van der Waals surface area contributed by atoms with Gasteiger partial charge in [0.25, 0.3) is 5.91 Å². The molecule has 29 heavy (non-hydrogen) atoms. The monoisotopic (exact) mass is 397 g/mol. The average Bonchev–Trinajstić information content (AvgIpc) is 3.27. The maximum Gasteiger partial charge on any atom is 0.328 e. The summed E-state index contributed by atoms with van der Waals surface area (Å²) in [6.07, 6.45) is 3.72. The Morgan fingerprint density at radius 3 is 2.66 bits per heavy atom. The first-order valence-corrected chi connectivity index (χ1v) is 10.7. The minimum atomic E-state index is -0.440. The molecule has 0 aromatic heterocycles. The summed E-state index contributed by atoms with van der Waals surface area (Å²) in [5.41, 5.74) is 3.58. The molecule has 2 saturated heterocycles. The van der Waals surface area contributed by atoms with Crippen molar-refractivity contribution in [2.24, 2.45) is 4.99 Å². The number of carbonyl (C=O) groups is 2. The second kappa shape index (κ2) is 7.69.